The van der Waals surface area contributed by atoms with E-state index in [1.54, 1.807) is 14.0 Å². The molecule has 6 nitrogen and oxygen atoms in total. The molecule has 136 valence electrons. The van der Waals surface area contributed by atoms with Gasteiger partial charge in [-0.2, -0.15) is 0 Å². The van der Waals surface area contributed by atoms with Gasteiger partial charge in [-0.15, -0.1) is 0 Å². The zero-order valence-electron chi connectivity index (χ0n) is 15.1. The second-order valence-electron chi connectivity index (χ2n) is 6.48. The quantitative estimate of drug-likeness (QED) is 0.698. The Bertz CT molecular complexity index is 919. The van der Waals surface area contributed by atoms with Gasteiger partial charge in [-0.25, -0.2) is 0 Å². The molecule has 0 saturated carbocycles. The van der Waals surface area contributed by atoms with Gasteiger partial charge >= 0.3 is 5.97 Å². The van der Waals surface area contributed by atoms with Crippen LogP contribution in [0.3, 0.4) is 0 Å². The lowest BCUT2D eigenvalue weighted by Crippen LogP contribution is -2.28. The third-order valence-electron chi connectivity index (χ3n) is 4.36. The maximum atomic E-state index is 11.0. The Morgan fingerprint density at radius 1 is 1.31 bits per heavy atom. The van der Waals surface area contributed by atoms with Crippen LogP contribution in [0, 0.1) is 5.92 Å². The molecule has 1 unspecified atom stereocenters. The van der Waals surface area contributed by atoms with E-state index in [9.17, 15) is 4.79 Å². The van der Waals surface area contributed by atoms with E-state index in [2.05, 4.69) is 5.16 Å². The summed E-state index contributed by atoms with van der Waals surface area (Å²) < 4.78 is 11.0. The van der Waals surface area contributed by atoms with E-state index in [0.717, 1.165) is 22.1 Å². The second-order valence-corrected chi connectivity index (χ2v) is 6.48. The van der Waals surface area contributed by atoms with Crippen molar-refractivity contribution in [3.05, 3.63) is 48.2 Å². The Labute approximate surface area is 152 Å². The van der Waals surface area contributed by atoms with Gasteiger partial charge in [0.1, 0.15) is 11.4 Å². The largest absolute Gasteiger partial charge is 0.496 e. The van der Waals surface area contributed by atoms with Gasteiger partial charge in [0.2, 0.25) is 0 Å². The molecule has 3 aromatic rings. The molecule has 3 rings (SSSR count). The molecule has 0 amide bonds. The number of benzene rings is 2. The molecule has 2 aromatic carbocycles. The SMILES string of the molecule is COc1ccc2ccccc2c1-c1cc(CN(C)CC(C)C(=O)O)on1. The van der Waals surface area contributed by atoms with Crippen molar-refractivity contribution in [2.45, 2.75) is 13.5 Å². The maximum absolute atomic E-state index is 11.0. The summed E-state index contributed by atoms with van der Waals surface area (Å²) in [6.07, 6.45) is 0. The van der Waals surface area contributed by atoms with E-state index in [1.165, 1.54) is 0 Å². The number of aliphatic carboxylic acids is 1. The van der Waals surface area contributed by atoms with Crippen LogP contribution in [0.2, 0.25) is 0 Å². The number of methoxy groups -OCH3 is 1. The lowest BCUT2D eigenvalue weighted by Gasteiger charge is -2.16. The molecular formula is C20H22N2O4. The average molecular weight is 354 g/mol. The van der Waals surface area contributed by atoms with Crippen LogP contribution in [-0.4, -0.2) is 41.8 Å². The Kier molecular flexibility index (Phi) is 5.23. The number of fused-ring (bicyclic) bond motifs is 1. The van der Waals surface area contributed by atoms with Crippen LogP contribution >= 0.6 is 0 Å². The molecule has 0 fully saturated rings. The number of hydrogen-bond donors (Lipinski definition) is 1. The number of carbonyl (C=O) groups is 1. The van der Waals surface area contributed by atoms with Crippen molar-refractivity contribution in [2.75, 3.05) is 20.7 Å². The Morgan fingerprint density at radius 3 is 2.81 bits per heavy atom. The predicted octanol–water partition coefficient (Wildman–Crippen LogP) is 3.66. The molecule has 26 heavy (non-hydrogen) atoms. The first kappa shape index (κ1) is 17.9. The standard InChI is InChI=1S/C20H22N2O4/c1-13(20(23)24)11-22(2)12-15-10-17(21-26-15)19-16-7-5-4-6-14(16)8-9-18(19)25-3/h4-10,13H,11-12H2,1-3H3,(H,23,24). The molecule has 1 heterocycles. The Balaban J connectivity index is 1.88. The average Bonchev–Trinajstić information content (AvgIpc) is 3.08. The summed E-state index contributed by atoms with van der Waals surface area (Å²) in [6, 6.07) is 13.9. The number of carboxylic acid groups (broad SMARTS) is 1. The van der Waals surface area contributed by atoms with Crippen LogP contribution < -0.4 is 4.74 Å². The summed E-state index contributed by atoms with van der Waals surface area (Å²) in [6.45, 7) is 2.60. The zero-order chi connectivity index (χ0) is 18.7. The number of hydrogen-bond acceptors (Lipinski definition) is 5. The summed E-state index contributed by atoms with van der Waals surface area (Å²) in [5.41, 5.74) is 1.59. The van der Waals surface area contributed by atoms with Crippen molar-refractivity contribution in [2.24, 2.45) is 5.92 Å². The highest BCUT2D eigenvalue weighted by atomic mass is 16.5. The van der Waals surface area contributed by atoms with E-state index in [-0.39, 0.29) is 0 Å². The molecular weight excluding hydrogens is 332 g/mol. The molecule has 0 saturated heterocycles. The number of nitrogens with zero attached hydrogens (tertiary/aromatic N) is 2. The summed E-state index contributed by atoms with van der Waals surface area (Å²) in [4.78, 5) is 12.9. The second kappa shape index (κ2) is 7.58. The monoisotopic (exact) mass is 354 g/mol. The predicted molar refractivity (Wildman–Crippen MR) is 99.1 cm³/mol. The van der Waals surface area contributed by atoms with Gasteiger partial charge in [-0.3, -0.25) is 9.69 Å². The highest BCUT2D eigenvalue weighted by Gasteiger charge is 2.18. The number of carboxylic acids is 1. The highest BCUT2D eigenvalue weighted by Crippen LogP contribution is 2.36. The minimum absolute atomic E-state index is 0.433. The number of ether oxygens (including phenoxy) is 1. The zero-order valence-corrected chi connectivity index (χ0v) is 15.1. The van der Waals surface area contributed by atoms with Crippen molar-refractivity contribution >= 4 is 16.7 Å². The van der Waals surface area contributed by atoms with Crippen LogP contribution in [0.5, 0.6) is 5.75 Å². The molecule has 1 N–H and O–H groups in total. The van der Waals surface area contributed by atoms with Crippen molar-refractivity contribution in [3.8, 4) is 17.0 Å². The highest BCUT2D eigenvalue weighted by molar-refractivity contribution is 5.98. The van der Waals surface area contributed by atoms with E-state index >= 15 is 0 Å². The maximum Gasteiger partial charge on any atom is 0.307 e. The van der Waals surface area contributed by atoms with Crippen molar-refractivity contribution < 1.29 is 19.2 Å². The minimum Gasteiger partial charge on any atom is -0.496 e. The fourth-order valence-corrected chi connectivity index (χ4v) is 3.07. The fourth-order valence-electron chi connectivity index (χ4n) is 3.07. The van der Waals surface area contributed by atoms with Crippen molar-refractivity contribution in [1.82, 2.24) is 10.1 Å². The van der Waals surface area contributed by atoms with Crippen LogP contribution in [0.1, 0.15) is 12.7 Å². The molecule has 0 bridgehead atoms. The molecule has 0 radical (unpaired) electrons. The molecule has 6 heteroatoms. The Morgan fingerprint density at radius 2 is 2.08 bits per heavy atom. The van der Waals surface area contributed by atoms with E-state index in [4.69, 9.17) is 14.4 Å². The topological polar surface area (TPSA) is 75.8 Å². The van der Waals surface area contributed by atoms with Gasteiger partial charge in [0.05, 0.1) is 25.1 Å². The summed E-state index contributed by atoms with van der Waals surface area (Å²) in [5.74, 6) is 0.155. The first-order chi connectivity index (χ1) is 12.5. The molecule has 0 aliphatic rings. The van der Waals surface area contributed by atoms with Gasteiger partial charge < -0.3 is 14.4 Å². The molecule has 1 aromatic heterocycles. The smallest absolute Gasteiger partial charge is 0.307 e. The van der Waals surface area contributed by atoms with Crippen LogP contribution in [-0.2, 0) is 11.3 Å². The number of aromatic nitrogens is 1. The van der Waals surface area contributed by atoms with Gasteiger partial charge in [-0.1, -0.05) is 42.4 Å². The lowest BCUT2D eigenvalue weighted by molar-refractivity contribution is -0.141. The van der Waals surface area contributed by atoms with E-state index < -0.39 is 11.9 Å². The third kappa shape index (κ3) is 3.70. The van der Waals surface area contributed by atoms with Gasteiger partial charge in [0, 0.05) is 12.6 Å². The van der Waals surface area contributed by atoms with Gasteiger partial charge in [0.25, 0.3) is 0 Å². The van der Waals surface area contributed by atoms with E-state index in [1.807, 2.05) is 54.4 Å². The van der Waals surface area contributed by atoms with Crippen molar-refractivity contribution in [1.29, 1.82) is 0 Å². The lowest BCUT2D eigenvalue weighted by atomic mass is 10.0. The third-order valence-corrected chi connectivity index (χ3v) is 4.36. The molecule has 0 aliphatic carbocycles. The molecule has 1 atom stereocenters. The summed E-state index contributed by atoms with van der Waals surface area (Å²) in [5, 5.41) is 15.4. The first-order valence-corrected chi connectivity index (χ1v) is 8.42. The Hall–Kier alpha value is -2.86. The minimum atomic E-state index is -0.810. The number of rotatable bonds is 7. The van der Waals surface area contributed by atoms with Gasteiger partial charge in [-0.05, 0) is 23.9 Å². The summed E-state index contributed by atoms with van der Waals surface area (Å²) in [7, 11) is 3.50. The van der Waals surface area contributed by atoms with E-state index in [0.29, 0.717) is 24.5 Å². The fraction of sp³-hybridized carbons (Fsp3) is 0.300. The van der Waals surface area contributed by atoms with Gasteiger partial charge in [0.15, 0.2) is 5.76 Å². The molecule has 0 spiro atoms. The van der Waals surface area contributed by atoms with Crippen LogP contribution in [0.25, 0.3) is 22.0 Å². The normalized spacial score (nSPS) is 12.5. The molecule has 0 aliphatic heterocycles. The van der Waals surface area contributed by atoms with Crippen LogP contribution in [0.4, 0.5) is 0 Å². The first-order valence-electron chi connectivity index (χ1n) is 8.42. The van der Waals surface area contributed by atoms with Crippen molar-refractivity contribution in [3.63, 3.8) is 0 Å². The summed E-state index contributed by atoms with van der Waals surface area (Å²) >= 11 is 0. The van der Waals surface area contributed by atoms with Crippen LogP contribution in [0.15, 0.2) is 47.0 Å².